The third kappa shape index (κ3) is 5.93. The van der Waals surface area contributed by atoms with Crippen molar-refractivity contribution in [2.75, 3.05) is 45.6 Å². The Kier molecular flexibility index (Phi) is 7.65. The van der Waals surface area contributed by atoms with E-state index in [0.717, 1.165) is 5.75 Å². The van der Waals surface area contributed by atoms with Gasteiger partial charge in [0, 0.05) is 26.2 Å². The van der Waals surface area contributed by atoms with Gasteiger partial charge in [-0.2, -0.15) is 4.31 Å². The Balaban J connectivity index is 1.36. The molecule has 33 heavy (non-hydrogen) atoms. The van der Waals surface area contributed by atoms with Gasteiger partial charge in [-0.05, 0) is 35.4 Å². The largest absolute Gasteiger partial charge is 0.497 e. The molecule has 0 N–H and O–H groups in total. The Hall–Kier alpha value is -2.87. The van der Waals surface area contributed by atoms with Gasteiger partial charge in [0.25, 0.3) is 0 Å². The summed E-state index contributed by atoms with van der Waals surface area (Å²) in [4.78, 5) is 2.37. The zero-order valence-corrected chi connectivity index (χ0v) is 19.7. The first-order valence-electron chi connectivity index (χ1n) is 11.2. The van der Waals surface area contributed by atoms with Crippen LogP contribution in [0.15, 0.2) is 84.9 Å². The number of hydrogen-bond acceptors (Lipinski definition) is 5. The van der Waals surface area contributed by atoms with Crippen LogP contribution >= 0.6 is 0 Å². The van der Waals surface area contributed by atoms with Crippen molar-refractivity contribution in [1.82, 2.24) is 9.21 Å². The van der Waals surface area contributed by atoms with Crippen LogP contribution in [-0.2, 0) is 10.0 Å². The van der Waals surface area contributed by atoms with Crippen molar-refractivity contribution in [3.8, 4) is 11.5 Å². The van der Waals surface area contributed by atoms with E-state index in [9.17, 15) is 8.42 Å². The standard InChI is InChI=1S/C26H30N2O4S/c1-31-24-12-14-25(15-13-24)32-20-21-33(29,30)28-18-16-27(17-19-28)26(22-8-4-2-5-9-22)23-10-6-3-7-11-23/h2-15,26H,16-21H2,1H3. The molecule has 0 saturated carbocycles. The summed E-state index contributed by atoms with van der Waals surface area (Å²) in [6, 6.07) is 28.0. The zero-order chi connectivity index (χ0) is 23.1. The first-order valence-corrected chi connectivity index (χ1v) is 12.8. The Bertz CT molecular complexity index is 1060. The Labute approximate surface area is 196 Å². The molecule has 1 saturated heterocycles. The maximum atomic E-state index is 12.9. The molecule has 0 unspecified atom stereocenters. The highest BCUT2D eigenvalue weighted by Gasteiger charge is 2.31. The molecule has 0 aromatic heterocycles. The second-order valence-electron chi connectivity index (χ2n) is 8.00. The normalized spacial score (nSPS) is 15.5. The summed E-state index contributed by atoms with van der Waals surface area (Å²) in [5, 5.41) is 0. The minimum atomic E-state index is -3.39. The molecule has 1 fully saturated rings. The Morgan fingerprint density at radius 1 is 0.758 bits per heavy atom. The third-order valence-corrected chi connectivity index (χ3v) is 7.77. The molecule has 0 atom stereocenters. The molecule has 0 radical (unpaired) electrons. The van der Waals surface area contributed by atoms with Gasteiger partial charge < -0.3 is 9.47 Å². The fourth-order valence-electron chi connectivity index (χ4n) is 4.19. The van der Waals surface area contributed by atoms with Crippen molar-refractivity contribution >= 4 is 10.0 Å². The van der Waals surface area contributed by atoms with E-state index >= 15 is 0 Å². The van der Waals surface area contributed by atoms with Gasteiger partial charge in [-0.15, -0.1) is 0 Å². The van der Waals surface area contributed by atoms with Gasteiger partial charge in [-0.3, -0.25) is 4.90 Å². The van der Waals surface area contributed by atoms with Crippen LogP contribution in [0.2, 0.25) is 0 Å². The van der Waals surface area contributed by atoms with Crippen molar-refractivity contribution in [1.29, 1.82) is 0 Å². The first kappa shape index (κ1) is 23.3. The molecule has 7 heteroatoms. The molecule has 1 heterocycles. The second kappa shape index (κ2) is 10.8. The molecule has 4 rings (SSSR count). The van der Waals surface area contributed by atoms with Crippen LogP contribution in [0.3, 0.4) is 0 Å². The smallest absolute Gasteiger partial charge is 0.217 e. The van der Waals surface area contributed by atoms with Crippen molar-refractivity contribution in [3.05, 3.63) is 96.1 Å². The topological polar surface area (TPSA) is 59.1 Å². The molecule has 0 amide bonds. The summed E-state index contributed by atoms with van der Waals surface area (Å²) in [6.07, 6.45) is 0. The molecule has 3 aromatic carbocycles. The lowest BCUT2D eigenvalue weighted by Crippen LogP contribution is -2.50. The van der Waals surface area contributed by atoms with Gasteiger partial charge in [0.15, 0.2) is 0 Å². The number of hydrogen-bond donors (Lipinski definition) is 0. The highest BCUT2D eigenvalue weighted by molar-refractivity contribution is 7.89. The van der Waals surface area contributed by atoms with Gasteiger partial charge >= 0.3 is 0 Å². The molecule has 1 aliphatic rings. The van der Waals surface area contributed by atoms with Crippen molar-refractivity contribution in [2.24, 2.45) is 0 Å². The number of nitrogens with zero attached hydrogens (tertiary/aromatic N) is 2. The lowest BCUT2D eigenvalue weighted by atomic mass is 9.96. The van der Waals surface area contributed by atoms with Crippen LogP contribution in [0.25, 0.3) is 0 Å². The van der Waals surface area contributed by atoms with Crippen LogP contribution in [0.1, 0.15) is 17.2 Å². The minimum absolute atomic E-state index is 0.0418. The van der Waals surface area contributed by atoms with E-state index in [1.54, 1.807) is 35.7 Å². The molecule has 0 aliphatic carbocycles. The molecule has 3 aromatic rings. The highest BCUT2D eigenvalue weighted by Crippen LogP contribution is 2.29. The maximum absolute atomic E-state index is 12.9. The van der Waals surface area contributed by atoms with E-state index in [1.165, 1.54) is 11.1 Å². The van der Waals surface area contributed by atoms with E-state index < -0.39 is 10.0 Å². The lowest BCUT2D eigenvalue weighted by Gasteiger charge is -2.39. The number of ether oxygens (including phenoxy) is 2. The van der Waals surface area contributed by atoms with Gasteiger partial charge in [0.2, 0.25) is 10.0 Å². The van der Waals surface area contributed by atoms with E-state index in [2.05, 4.69) is 53.4 Å². The number of methoxy groups -OCH3 is 1. The molecule has 0 spiro atoms. The quantitative estimate of drug-likeness (QED) is 0.480. The average Bonchev–Trinajstić information content (AvgIpc) is 2.86. The van der Waals surface area contributed by atoms with Crippen LogP contribution < -0.4 is 9.47 Å². The van der Waals surface area contributed by atoms with Crippen LogP contribution in [0.4, 0.5) is 0 Å². The summed E-state index contributed by atoms with van der Waals surface area (Å²) in [5.41, 5.74) is 2.43. The molecular weight excluding hydrogens is 436 g/mol. The highest BCUT2D eigenvalue weighted by atomic mass is 32.2. The first-order chi connectivity index (χ1) is 16.1. The van der Waals surface area contributed by atoms with Crippen molar-refractivity contribution in [3.63, 3.8) is 0 Å². The van der Waals surface area contributed by atoms with Gasteiger partial charge in [0.1, 0.15) is 18.1 Å². The van der Waals surface area contributed by atoms with E-state index in [0.29, 0.717) is 31.9 Å². The monoisotopic (exact) mass is 466 g/mol. The molecule has 1 aliphatic heterocycles. The van der Waals surface area contributed by atoms with Gasteiger partial charge in [0.05, 0.1) is 18.9 Å². The average molecular weight is 467 g/mol. The van der Waals surface area contributed by atoms with Crippen LogP contribution in [-0.4, -0.2) is 63.3 Å². The molecular formula is C26H30N2O4S. The number of benzene rings is 3. The molecule has 0 bridgehead atoms. The summed E-state index contributed by atoms with van der Waals surface area (Å²) in [6.45, 7) is 2.41. The van der Waals surface area contributed by atoms with Gasteiger partial charge in [-0.1, -0.05) is 60.7 Å². The van der Waals surface area contributed by atoms with Gasteiger partial charge in [-0.25, -0.2) is 8.42 Å². The lowest BCUT2D eigenvalue weighted by molar-refractivity contribution is 0.155. The molecule has 174 valence electrons. The van der Waals surface area contributed by atoms with Crippen LogP contribution in [0.5, 0.6) is 11.5 Å². The van der Waals surface area contributed by atoms with Crippen molar-refractivity contribution < 1.29 is 17.9 Å². The summed E-state index contributed by atoms with van der Waals surface area (Å²) in [7, 11) is -1.79. The maximum Gasteiger partial charge on any atom is 0.217 e. The summed E-state index contributed by atoms with van der Waals surface area (Å²) >= 11 is 0. The predicted molar refractivity (Wildman–Crippen MR) is 130 cm³/mol. The minimum Gasteiger partial charge on any atom is -0.497 e. The second-order valence-corrected chi connectivity index (χ2v) is 10.1. The Morgan fingerprint density at radius 3 is 1.79 bits per heavy atom. The van der Waals surface area contributed by atoms with E-state index in [4.69, 9.17) is 9.47 Å². The zero-order valence-electron chi connectivity index (χ0n) is 18.8. The van der Waals surface area contributed by atoms with E-state index in [-0.39, 0.29) is 18.4 Å². The fourth-order valence-corrected chi connectivity index (χ4v) is 5.46. The van der Waals surface area contributed by atoms with E-state index in [1.807, 2.05) is 12.1 Å². The summed E-state index contributed by atoms with van der Waals surface area (Å²) < 4.78 is 38.2. The number of sulfonamides is 1. The third-order valence-electron chi connectivity index (χ3n) is 5.93. The van der Waals surface area contributed by atoms with Crippen LogP contribution in [0, 0.1) is 0 Å². The fraction of sp³-hybridized carbons (Fsp3) is 0.308. The Morgan fingerprint density at radius 2 is 1.27 bits per heavy atom. The summed E-state index contributed by atoms with van der Waals surface area (Å²) in [5.74, 6) is 1.32. The van der Waals surface area contributed by atoms with Crippen molar-refractivity contribution in [2.45, 2.75) is 6.04 Å². The SMILES string of the molecule is COc1ccc(OCCS(=O)(=O)N2CCN(C(c3ccccc3)c3ccccc3)CC2)cc1. The number of piperazine rings is 1. The molecule has 6 nitrogen and oxygen atoms in total. The predicted octanol–water partition coefficient (Wildman–Crippen LogP) is 3.81. The number of rotatable bonds is 9.